The SMILES string of the molecule is CCn1c(=O)c2c(nc(CC(=O)O)n2C)n(CCOC)c1=O. The van der Waals surface area contributed by atoms with Gasteiger partial charge in [0.05, 0.1) is 13.2 Å². The number of hydrogen-bond acceptors (Lipinski definition) is 5. The Morgan fingerprint density at radius 1 is 1.32 bits per heavy atom. The molecule has 0 unspecified atom stereocenters. The number of methoxy groups -OCH3 is 1. The van der Waals surface area contributed by atoms with Crippen LogP contribution in [0.2, 0.25) is 0 Å². The summed E-state index contributed by atoms with van der Waals surface area (Å²) >= 11 is 0. The van der Waals surface area contributed by atoms with E-state index in [0.29, 0.717) is 0 Å². The summed E-state index contributed by atoms with van der Waals surface area (Å²) in [6.45, 7) is 2.43. The Hall–Kier alpha value is -2.42. The van der Waals surface area contributed by atoms with Gasteiger partial charge in [0.25, 0.3) is 5.56 Å². The third kappa shape index (κ3) is 2.54. The van der Waals surface area contributed by atoms with Gasteiger partial charge in [-0.25, -0.2) is 9.78 Å². The lowest BCUT2D eigenvalue weighted by atomic mass is 10.4. The molecule has 2 aromatic heterocycles. The van der Waals surface area contributed by atoms with Crippen molar-refractivity contribution >= 4 is 17.1 Å². The number of aliphatic carboxylic acids is 1. The number of aromatic nitrogens is 4. The van der Waals surface area contributed by atoms with Crippen LogP contribution in [0.15, 0.2) is 9.59 Å². The van der Waals surface area contributed by atoms with Crippen LogP contribution in [-0.2, 0) is 36.1 Å². The molecule has 0 bridgehead atoms. The van der Waals surface area contributed by atoms with Gasteiger partial charge in [-0.3, -0.25) is 18.7 Å². The fraction of sp³-hybridized carbons (Fsp3) is 0.538. The first-order valence-corrected chi connectivity index (χ1v) is 6.82. The van der Waals surface area contributed by atoms with E-state index >= 15 is 0 Å². The Morgan fingerprint density at radius 2 is 2.00 bits per heavy atom. The monoisotopic (exact) mass is 310 g/mol. The molecule has 2 aromatic rings. The number of fused-ring (bicyclic) bond motifs is 1. The maximum absolute atomic E-state index is 12.4. The normalized spacial score (nSPS) is 11.2. The zero-order chi connectivity index (χ0) is 16.4. The molecular formula is C13H18N4O5. The minimum Gasteiger partial charge on any atom is -0.481 e. The van der Waals surface area contributed by atoms with Crippen LogP contribution in [0.25, 0.3) is 11.2 Å². The van der Waals surface area contributed by atoms with Gasteiger partial charge in [-0.15, -0.1) is 0 Å². The summed E-state index contributed by atoms with van der Waals surface area (Å²) in [6.07, 6.45) is -0.324. The van der Waals surface area contributed by atoms with E-state index in [-0.39, 0.29) is 43.1 Å². The lowest BCUT2D eigenvalue weighted by Gasteiger charge is -2.09. The van der Waals surface area contributed by atoms with E-state index in [0.717, 1.165) is 4.57 Å². The van der Waals surface area contributed by atoms with Crippen molar-refractivity contribution < 1.29 is 14.6 Å². The summed E-state index contributed by atoms with van der Waals surface area (Å²) in [6, 6.07) is 0. The van der Waals surface area contributed by atoms with E-state index in [1.807, 2.05) is 0 Å². The molecule has 0 aliphatic carbocycles. The first-order chi connectivity index (χ1) is 10.4. The van der Waals surface area contributed by atoms with Gasteiger partial charge in [-0.2, -0.15) is 0 Å². The van der Waals surface area contributed by atoms with Crippen molar-refractivity contribution in [3.8, 4) is 0 Å². The predicted molar refractivity (Wildman–Crippen MR) is 78.1 cm³/mol. The predicted octanol–water partition coefficient (Wildman–Crippen LogP) is -0.810. The maximum atomic E-state index is 12.4. The summed E-state index contributed by atoms with van der Waals surface area (Å²) in [5, 5.41) is 8.93. The minimum atomic E-state index is -1.06. The highest BCUT2D eigenvalue weighted by Gasteiger charge is 2.20. The average Bonchev–Trinajstić information content (AvgIpc) is 2.76. The number of aryl methyl sites for hydroxylation is 1. The minimum absolute atomic E-state index is 0.190. The molecule has 1 N–H and O–H groups in total. The number of nitrogens with zero attached hydrogens (tertiary/aromatic N) is 4. The van der Waals surface area contributed by atoms with Gasteiger partial charge in [0, 0.05) is 20.7 Å². The van der Waals surface area contributed by atoms with Crippen molar-refractivity contribution in [1.29, 1.82) is 0 Å². The quantitative estimate of drug-likeness (QED) is 0.747. The molecule has 0 saturated heterocycles. The van der Waals surface area contributed by atoms with Crippen molar-refractivity contribution in [2.24, 2.45) is 7.05 Å². The summed E-state index contributed by atoms with van der Waals surface area (Å²) in [7, 11) is 3.08. The Morgan fingerprint density at radius 3 is 2.55 bits per heavy atom. The number of ether oxygens (including phenoxy) is 1. The number of hydrogen-bond donors (Lipinski definition) is 1. The van der Waals surface area contributed by atoms with Gasteiger partial charge >= 0.3 is 11.7 Å². The lowest BCUT2D eigenvalue weighted by molar-refractivity contribution is -0.136. The van der Waals surface area contributed by atoms with Gasteiger partial charge in [0.1, 0.15) is 12.2 Å². The van der Waals surface area contributed by atoms with Crippen molar-refractivity contribution in [2.75, 3.05) is 13.7 Å². The number of carboxylic acids is 1. The van der Waals surface area contributed by atoms with Crippen LogP contribution in [-0.4, -0.2) is 43.5 Å². The topological polar surface area (TPSA) is 108 Å². The molecule has 0 atom stereocenters. The van der Waals surface area contributed by atoms with Crippen molar-refractivity contribution in [1.82, 2.24) is 18.7 Å². The van der Waals surface area contributed by atoms with Gasteiger partial charge in [-0.05, 0) is 6.92 Å². The van der Waals surface area contributed by atoms with Gasteiger partial charge in [0.15, 0.2) is 11.2 Å². The number of imidazole rings is 1. The summed E-state index contributed by atoms with van der Waals surface area (Å²) in [5.74, 6) is -0.834. The summed E-state index contributed by atoms with van der Waals surface area (Å²) in [5.41, 5.74) is -0.538. The molecule has 0 aliphatic heterocycles. The molecule has 9 heteroatoms. The van der Waals surface area contributed by atoms with Crippen LogP contribution in [0.5, 0.6) is 0 Å². The second kappa shape index (κ2) is 6.14. The van der Waals surface area contributed by atoms with Gasteiger partial charge in [0.2, 0.25) is 0 Å². The fourth-order valence-electron chi connectivity index (χ4n) is 2.36. The molecule has 9 nitrogen and oxygen atoms in total. The van der Waals surface area contributed by atoms with E-state index in [4.69, 9.17) is 9.84 Å². The summed E-state index contributed by atoms with van der Waals surface area (Å²) in [4.78, 5) is 39.9. The molecule has 0 aliphatic rings. The first kappa shape index (κ1) is 16.0. The Kier molecular flexibility index (Phi) is 4.45. The molecule has 0 fully saturated rings. The van der Waals surface area contributed by atoms with Crippen molar-refractivity contribution in [3.63, 3.8) is 0 Å². The van der Waals surface area contributed by atoms with Crippen molar-refractivity contribution in [2.45, 2.75) is 26.4 Å². The van der Waals surface area contributed by atoms with Crippen LogP contribution in [0, 0.1) is 0 Å². The zero-order valence-electron chi connectivity index (χ0n) is 12.7. The molecular weight excluding hydrogens is 292 g/mol. The second-order valence-corrected chi connectivity index (χ2v) is 4.81. The molecule has 0 aromatic carbocycles. The molecule has 2 rings (SSSR count). The van der Waals surface area contributed by atoms with E-state index in [1.54, 1.807) is 14.0 Å². The fourth-order valence-corrected chi connectivity index (χ4v) is 2.36. The molecule has 0 radical (unpaired) electrons. The van der Waals surface area contributed by atoms with Crippen LogP contribution in [0.1, 0.15) is 12.7 Å². The molecule has 120 valence electrons. The van der Waals surface area contributed by atoms with E-state index in [1.165, 1.54) is 16.2 Å². The lowest BCUT2D eigenvalue weighted by Crippen LogP contribution is -2.40. The van der Waals surface area contributed by atoms with E-state index in [2.05, 4.69) is 4.98 Å². The molecule has 2 heterocycles. The third-order valence-electron chi connectivity index (χ3n) is 3.48. The van der Waals surface area contributed by atoms with Crippen LogP contribution < -0.4 is 11.2 Å². The Balaban J connectivity index is 2.83. The van der Waals surface area contributed by atoms with Gasteiger partial charge < -0.3 is 14.4 Å². The molecule has 0 amide bonds. The molecule has 0 spiro atoms. The highest BCUT2D eigenvalue weighted by molar-refractivity contribution is 5.74. The Labute approximate surface area is 125 Å². The summed E-state index contributed by atoms with van der Waals surface area (Å²) < 4.78 is 8.85. The number of rotatable bonds is 6. The Bertz CT molecular complexity index is 830. The van der Waals surface area contributed by atoms with E-state index < -0.39 is 17.2 Å². The van der Waals surface area contributed by atoms with Gasteiger partial charge in [-0.1, -0.05) is 0 Å². The van der Waals surface area contributed by atoms with Crippen LogP contribution >= 0.6 is 0 Å². The number of carboxylic acid groups (broad SMARTS) is 1. The second-order valence-electron chi connectivity index (χ2n) is 4.81. The molecule has 22 heavy (non-hydrogen) atoms. The van der Waals surface area contributed by atoms with Crippen LogP contribution in [0.3, 0.4) is 0 Å². The van der Waals surface area contributed by atoms with Crippen molar-refractivity contribution in [3.05, 3.63) is 26.7 Å². The standard InChI is InChI=1S/C13H18N4O5/c1-4-16-12(20)10-11(17(13(16)21)5-6-22-3)14-8(15(10)2)7-9(18)19/h4-7H2,1-3H3,(H,18,19). The highest BCUT2D eigenvalue weighted by Crippen LogP contribution is 2.10. The largest absolute Gasteiger partial charge is 0.481 e. The molecule has 0 saturated carbocycles. The third-order valence-corrected chi connectivity index (χ3v) is 3.48. The maximum Gasteiger partial charge on any atom is 0.332 e. The highest BCUT2D eigenvalue weighted by atomic mass is 16.5. The first-order valence-electron chi connectivity index (χ1n) is 6.82. The van der Waals surface area contributed by atoms with E-state index in [9.17, 15) is 14.4 Å². The van der Waals surface area contributed by atoms with Crippen LogP contribution in [0.4, 0.5) is 0 Å². The average molecular weight is 310 g/mol. The zero-order valence-corrected chi connectivity index (χ0v) is 12.7. The number of carbonyl (C=O) groups is 1. The smallest absolute Gasteiger partial charge is 0.332 e.